The topological polar surface area (TPSA) is 61.8 Å². The van der Waals surface area contributed by atoms with E-state index in [9.17, 15) is 9.59 Å². The van der Waals surface area contributed by atoms with Crippen LogP contribution in [0.3, 0.4) is 0 Å². The first-order valence-corrected chi connectivity index (χ1v) is 8.35. The van der Waals surface area contributed by atoms with Crippen molar-refractivity contribution in [3.8, 4) is 0 Å². The Balaban J connectivity index is 2.42. The molecule has 116 valence electrons. The van der Waals surface area contributed by atoms with Crippen LogP contribution in [0, 0.1) is 0 Å². The summed E-state index contributed by atoms with van der Waals surface area (Å²) in [5.41, 5.74) is 0. The van der Waals surface area contributed by atoms with Gasteiger partial charge in [-0.1, -0.05) is 23.5 Å². The van der Waals surface area contributed by atoms with Crippen molar-refractivity contribution in [3.63, 3.8) is 0 Å². The summed E-state index contributed by atoms with van der Waals surface area (Å²) in [5.74, 6) is -0.470. The third-order valence-corrected chi connectivity index (χ3v) is 6.16. The van der Waals surface area contributed by atoms with Crippen LogP contribution in [-0.2, 0) is 23.8 Å². The highest BCUT2D eigenvalue weighted by Gasteiger charge is 2.54. The highest BCUT2D eigenvalue weighted by atomic mass is 32.2. The van der Waals surface area contributed by atoms with Gasteiger partial charge in [-0.2, -0.15) is 0 Å². The lowest BCUT2D eigenvalue weighted by molar-refractivity contribution is -0.342. The number of ether oxygens (including phenoxy) is 3. The highest BCUT2D eigenvalue weighted by Crippen LogP contribution is 2.53. The van der Waals surface area contributed by atoms with Crippen molar-refractivity contribution in [2.45, 2.75) is 45.2 Å². The predicted octanol–water partition coefficient (Wildman–Crippen LogP) is 3.17. The molecular weight excluding hydrogens is 312 g/mol. The maximum Gasteiger partial charge on any atom is 0.394 e. The molecule has 0 spiro atoms. The molecule has 0 unspecified atom stereocenters. The van der Waals surface area contributed by atoms with Crippen molar-refractivity contribution >= 4 is 35.1 Å². The molecule has 0 amide bonds. The van der Waals surface area contributed by atoms with Gasteiger partial charge in [-0.05, 0) is 34.6 Å². The molecule has 7 heteroatoms. The summed E-state index contributed by atoms with van der Waals surface area (Å²) in [6.07, 6.45) is 0. The van der Waals surface area contributed by atoms with E-state index in [-0.39, 0.29) is 16.1 Å². The van der Waals surface area contributed by atoms with Gasteiger partial charge >= 0.3 is 5.97 Å². The fraction of sp³-hybridized carbons (Fsp3) is 0.571. The van der Waals surface area contributed by atoms with Crippen LogP contribution in [0.1, 0.15) is 34.6 Å². The van der Waals surface area contributed by atoms with E-state index < -0.39 is 5.97 Å². The Morgan fingerprint density at radius 3 is 1.86 bits per heavy atom. The highest BCUT2D eigenvalue weighted by molar-refractivity contribution is 8.21. The molecule has 2 aliphatic heterocycles. The summed E-state index contributed by atoms with van der Waals surface area (Å²) in [5, 5.41) is 0. The van der Waals surface area contributed by atoms with Gasteiger partial charge in [0.25, 0.3) is 0 Å². The first-order valence-electron chi connectivity index (χ1n) is 6.59. The lowest BCUT2D eigenvalue weighted by Gasteiger charge is -2.44. The first kappa shape index (κ1) is 16.5. The monoisotopic (exact) mass is 330 g/mol. The summed E-state index contributed by atoms with van der Waals surface area (Å²) in [4.78, 5) is 24.5. The van der Waals surface area contributed by atoms with Crippen molar-refractivity contribution in [1.29, 1.82) is 0 Å². The van der Waals surface area contributed by atoms with Crippen LogP contribution in [0.25, 0.3) is 0 Å². The summed E-state index contributed by atoms with van der Waals surface area (Å²) in [6.45, 7) is 8.65. The van der Waals surface area contributed by atoms with Gasteiger partial charge in [-0.15, -0.1) is 0 Å². The van der Waals surface area contributed by atoms with Gasteiger partial charge in [0, 0.05) is 0 Å². The molecule has 0 aromatic heterocycles. The van der Waals surface area contributed by atoms with Crippen LogP contribution in [0.5, 0.6) is 0 Å². The number of ketones is 2. The predicted molar refractivity (Wildman–Crippen MR) is 82.3 cm³/mol. The zero-order valence-electron chi connectivity index (χ0n) is 12.6. The van der Waals surface area contributed by atoms with E-state index in [4.69, 9.17) is 14.2 Å². The molecule has 0 bridgehead atoms. The van der Waals surface area contributed by atoms with Crippen LogP contribution >= 0.6 is 23.5 Å². The summed E-state index contributed by atoms with van der Waals surface area (Å²) in [7, 11) is 0. The minimum atomic E-state index is -1.30. The molecule has 21 heavy (non-hydrogen) atoms. The fourth-order valence-electron chi connectivity index (χ4n) is 2.17. The van der Waals surface area contributed by atoms with Gasteiger partial charge in [-0.3, -0.25) is 9.59 Å². The molecule has 2 rings (SSSR count). The van der Waals surface area contributed by atoms with E-state index in [1.807, 2.05) is 6.92 Å². The molecule has 0 N–H and O–H groups in total. The standard InChI is InChI=1S/C14H18O5S2/c1-6-17-14-13(20-11(7(2)15)9(4)18-14)21-12(8(3)16)10(5)19-14/h13H,6H2,1-5H3. The molecule has 5 nitrogen and oxygen atoms in total. The number of rotatable bonds is 4. The molecule has 0 atom stereocenters. The maximum atomic E-state index is 11.7. The number of carbonyl (C=O) groups is 2. The summed E-state index contributed by atoms with van der Waals surface area (Å²) in [6, 6.07) is 0. The lowest BCUT2D eigenvalue weighted by Crippen LogP contribution is -2.50. The van der Waals surface area contributed by atoms with Crippen molar-refractivity contribution in [2.24, 2.45) is 0 Å². The van der Waals surface area contributed by atoms with Crippen LogP contribution in [0.4, 0.5) is 0 Å². The van der Waals surface area contributed by atoms with Gasteiger partial charge in [-0.25, -0.2) is 0 Å². The number of carbonyl (C=O) groups excluding carboxylic acids is 2. The Labute approximate surface area is 132 Å². The number of thioether (sulfide) groups is 2. The molecule has 0 aromatic rings. The van der Waals surface area contributed by atoms with E-state index in [0.717, 1.165) is 0 Å². The molecule has 0 aliphatic carbocycles. The first-order chi connectivity index (χ1) is 9.80. The molecule has 0 saturated carbocycles. The Bertz CT molecular complexity index is 508. The number of hydrogen-bond donors (Lipinski definition) is 0. The molecule has 0 fully saturated rings. The lowest BCUT2D eigenvalue weighted by atomic mass is 10.3. The van der Waals surface area contributed by atoms with Gasteiger partial charge in [0.05, 0.1) is 16.4 Å². The molecule has 0 radical (unpaired) electrons. The van der Waals surface area contributed by atoms with E-state index in [1.54, 1.807) is 13.8 Å². The van der Waals surface area contributed by atoms with Crippen LogP contribution in [0.2, 0.25) is 0 Å². The van der Waals surface area contributed by atoms with E-state index >= 15 is 0 Å². The van der Waals surface area contributed by atoms with Gasteiger partial charge < -0.3 is 14.2 Å². The van der Waals surface area contributed by atoms with Crippen molar-refractivity contribution < 1.29 is 23.8 Å². The quantitative estimate of drug-likeness (QED) is 0.784. The fourth-order valence-corrected chi connectivity index (χ4v) is 4.74. The molecule has 2 heterocycles. The van der Waals surface area contributed by atoms with Crippen molar-refractivity contribution in [2.75, 3.05) is 6.61 Å². The van der Waals surface area contributed by atoms with Gasteiger partial charge in [0.15, 0.2) is 16.1 Å². The van der Waals surface area contributed by atoms with E-state index in [2.05, 4.69) is 0 Å². The number of Topliss-reactive ketones (excluding diaryl/α,β-unsaturated/α-hetero) is 2. The van der Waals surface area contributed by atoms with Crippen molar-refractivity contribution in [1.82, 2.24) is 0 Å². The number of allylic oxidation sites excluding steroid dienone is 4. The average Bonchev–Trinajstić information content (AvgIpc) is 2.36. The zero-order chi connectivity index (χ0) is 15.8. The van der Waals surface area contributed by atoms with Crippen LogP contribution in [-0.4, -0.2) is 28.7 Å². The SMILES string of the molecule is CCOC12OC(C)=C(C(C)=O)SC1SC(C(C)=O)=C(C)O2. The Hall–Kier alpha value is -0.920. The zero-order valence-corrected chi connectivity index (χ0v) is 14.3. The van der Waals surface area contributed by atoms with Crippen LogP contribution < -0.4 is 0 Å². The second-order valence-corrected chi connectivity index (χ2v) is 7.22. The number of hydrogen-bond acceptors (Lipinski definition) is 7. The second kappa shape index (κ2) is 6.06. The largest absolute Gasteiger partial charge is 0.432 e. The van der Waals surface area contributed by atoms with Crippen LogP contribution in [0.15, 0.2) is 21.3 Å². The Morgan fingerprint density at radius 1 is 1.10 bits per heavy atom. The minimum Gasteiger partial charge on any atom is -0.432 e. The maximum absolute atomic E-state index is 11.7. The molecular formula is C14H18O5S2. The number of fused-ring (bicyclic) bond motifs is 1. The Morgan fingerprint density at radius 2 is 1.52 bits per heavy atom. The molecule has 0 aromatic carbocycles. The third kappa shape index (κ3) is 3.00. The minimum absolute atomic E-state index is 0.0705. The normalized spacial score (nSPS) is 28.7. The second-order valence-electron chi connectivity index (χ2n) is 4.69. The van der Waals surface area contributed by atoms with Crippen molar-refractivity contribution in [3.05, 3.63) is 21.3 Å². The van der Waals surface area contributed by atoms with Gasteiger partial charge in [0.2, 0.25) is 0 Å². The third-order valence-electron chi connectivity index (χ3n) is 2.95. The molecule has 2 aliphatic rings. The summed E-state index contributed by atoms with van der Waals surface area (Å²) < 4.78 is 17.0. The van der Waals surface area contributed by atoms with Gasteiger partial charge in [0.1, 0.15) is 11.5 Å². The van der Waals surface area contributed by atoms with E-state index in [1.165, 1.54) is 37.4 Å². The average molecular weight is 330 g/mol. The molecule has 0 saturated heterocycles. The van der Waals surface area contributed by atoms with E-state index in [0.29, 0.717) is 27.9 Å². The Kier molecular flexibility index (Phi) is 4.75. The smallest absolute Gasteiger partial charge is 0.394 e. The summed E-state index contributed by atoms with van der Waals surface area (Å²) >= 11 is 2.65.